The highest BCUT2D eigenvalue weighted by molar-refractivity contribution is 5.92. The molecule has 0 amide bonds. The number of nitrogens with zero attached hydrogens (tertiary/aromatic N) is 2. The Bertz CT molecular complexity index is 546. The van der Waals surface area contributed by atoms with Gasteiger partial charge in [0.15, 0.2) is 0 Å². The van der Waals surface area contributed by atoms with E-state index in [4.69, 9.17) is 5.73 Å². The third kappa shape index (κ3) is 1.87. The second kappa shape index (κ2) is 4.00. The molecule has 0 saturated heterocycles. The van der Waals surface area contributed by atoms with Gasteiger partial charge in [-0.2, -0.15) is 0 Å². The zero-order chi connectivity index (χ0) is 11.8. The van der Waals surface area contributed by atoms with Crippen LogP contribution in [0.2, 0.25) is 0 Å². The summed E-state index contributed by atoms with van der Waals surface area (Å²) >= 11 is 0. The molecule has 0 atom stereocenters. The first-order valence-electron chi connectivity index (χ1n) is 6.11. The van der Waals surface area contributed by atoms with Gasteiger partial charge in [-0.25, -0.2) is 0 Å². The van der Waals surface area contributed by atoms with E-state index in [1.165, 1.54) is 23.9 Å². The van der Waals surface area contributed by atoms with Gasteiger partial charge < -0.3 is 10.6 Å². The average Bonchev–Trinajstić information content (AvgIpc) is 3.21. The molecule has 1 aliphatic carbocycles. The topological polar surface area (TPSA) is 42.1 Å². The Kier molecular flexibility index (Phi) is 2.48. The third-order valence-corrected chi connectivity index (χ3v) is 3.43. The summed E-state index contributed by atoms with van der Waals surface area (Å²) in [6, 6.07) is 11.1. The molecule has 1 saturated carbocycles. The maximum Gasteiger partial charge on any atom is 0.0726 e. The largest absolute Gasteiger partial charge is 0.371 e. The number of anilines is 1. The van der Waals surface area contributed by atoms with Crippen LogP contribution < -0.4 is 10.6 Å². The number of hydrogen-bond donors (Lipinski definition) is 1. The van der Waals surface area contributed by atoms with Gasteiger partial charge in [-0.15, -0.1) is 0 Å². The summed E-state index contributed by atoms with van der Waals surface area (Å²) in [6.07, 6.45) is 2.59. The van der Waals surface area contributed by atoms with Crippen LogP contribution in [-0.4, -0.2) is 18.1 Å². The summed E-state index contributed by atoms with van der Waals surface area (Å²) in [5.41, 5.74) is 8.99. The number of fused-ring (bicyclic) bond motifs is 1. The summed E-state index contributed by atoms with van der Waals surface area (Å²) in [5, 5.41) is 1.22. The predicted molar refractivity (Wildman–Crippen MR) is 71.1 cm³/mol. The van der Waals surface area contributed by atoms with Gasteiger partial charge in [0.25, 0.3) is 0 Å². The van der Waals surface area contributed by atoms with Crippen LogP contribution >= 0.6 is 0 Å². The van der Waals surface area contributed by atoms with Gasteiger partial charge in [-0.05, 0) is 25.0 Å². The van der Waals surface area contributed by atoms with Gasteiger partial charge in [0.1, 0.15) is 0 Å². The zero-order valence-electron chi connectivity index (χ0n) is 10.1. The van der Waals surface area contributed by atoms with Crippen LogP contribution in [0.1, 0.15) is 18.5 Å². The Morgan fingerprint density at radius 3 is 2.82 bits per heavy atom. The van der Waals surface area contributed by atoms with E-state index in [0.29, 0.717) is 12.6 Å². The fraction of sp³-hybridized carbons (Fsp3) is 0.357. The Labute approximate surface area is 101 Å². The van der Waals surface area contributed by atoms with Gasteiger partial charge in [-0.1, -0.05) is 18.2 Å². The molecule has 0 unspecified atom stereocenters. The summed E-state index contributed by atoms with van der Waals surface area (Å²) in [6.45, 7) is 0.496. The monoisotopic (exact) mass is 227 g/mol. The quantitative estimate of drug-likeness (QED) is 0.874. The predicted octanol–water partition coefficient (Wildman–Crippen LogP) is 2.29. The van der Waals surface area contributed by atoms with Gasteiger partial charge >= 0.3 is 0 Å². The Hall–Kier alpha value is -1.61. The average molecular weight is 227 g/mol. The summed E-state index contributed by atoms with van der Waals surface area (Å²) in [5.74, 6) is 0. The minimum absolute atomic E-state index is 0.496. The van der Waals surface area contributed by atoms with Crippen molar-refractivity contribution in [1.82, 2.24) is 4.98 Å². The molecule has 0 radical (unpaired) electrons. The molecule has 1 heterocycles. The molecule has 1 aromatic heterocycles. The molecule has 0 bridgehead atoms. The molecular formula is C14H17N3. The molecule has 3 rings (SSSR count). The molecule has 2 N–H and O–H groups in total. The van der Waals surface area contributed by atoms with E-state index in [9.17, 15) is 0 Å². The summed E-state index contributed by atoms with van der Waals surface area (Å²) < 4.78 is 0. The fourth-order valence-corrected chi connectivity index (χ4v) is 2.27. The molecule has 17 heavy (non-hydrogen) atoms. The summed E-state index contributed by atoms with van der Waals surface area (Å²) in [7, 11) is 2.17. The number of hydrogen-bond acceptors (Lipinski definition) is 3. The van der Waals surface area contributed by atoms with Crippen LogP contribution in [-0.2, 0) is 6.54 Å². The fourth-order valence-electron chi connectivity index (χ4n) is 2.27. The highest BCUT2D eigenvalue weighted by atomic mass is 15.2. The van der Waals surface area contributed by atoms with E-state index >= 15 is 0 Å². The van der Waals surface area contributed by atoms with Crippen LogP contribution in [0.5, 0.6) is 0 Å². The van der Waals surface area contributed by atoms with Crippen LogP contribution in [0.3, 0.4) is 0 Å². The number of pyridine rings is 1. The van der Waals surface area contributed by atoms with E-state index in [2.05, 4.69) is 41.2 Å². The first-order valence-corrected chi connectivity index (χ1v) is 6.11. The molecule has 0 aliphatic heterocycles. The van der Waals surface area contributed by atoms with E-state index in [1.807, 2.05) is 6.07 Å². The minimum Gasteiger partial charge on any atom is -0.371 e. The van der Waals surface area contributed by atoms with E-state index in [0.717, 1.165) is 11.2 Å². The normalized spacial score (nSPS) is 15.2. The Morgan fingerprint density at radius 2 is 2.12 bits per heavy atom. The number of nitrogens with two attached hydrogens (primary N) is 1. The van der Waals surface area contributed by atoms with Crippen molar-refractivity contribution in [2.75, 3.05) is 11.9 Å². The standard InChI is InChI=1S/C14H17N3/c1-17(11-6-7-11)14-8-10(9-15)16-13-5-3-2-4-12(13)14/h2-5,8,11H,6-7,9,15H2,1H3. The van der Waals surface area contributed by atoms with Crippen molar-refractivity contribution in [3.63, 3.8) is 0 Å². The lowest BCUT2D eigenvalue weighted by atomic mass is 10.1. The Balaban J connectivity index is 2.18. The van der Waals surface area contributed by atoms with Crippen molar-refractivity contribution in [3.05, 3.63) is 36.0 Å². The second-order valence-electron chi connectivity index (χ2n) is 4.70. The number of benzene rings is 1. The molecule has 88 valence electrons. The molecule has 0 spiro atoms. The lowest BCUT2D eigenvalue weighted by Crippen LogP contribution is -2.20. The number of rotatable bonds is 3. The molecular weight excluding hydrogens is 210 g/mol. The van der Waals surface area contributed by atoms with E-state index < -0.39 is 0 Å². The lowest BCUT2D eigenvalue weighted by molar-refractivity contribution is 0.913. The zero-order valence-corrected chi connectivity index (χ0v) is 10.1. The van der Waals surface area contributed by atoms with Crippen LogP contribution in [0.15, 0.2) is 30.3 Å². The van der Waals surface area contributed by atoms with Crippen molar-refractivity contribution in [2.45, 2.75) is 25.4 Å². The smallest absolute Gasteiger partial charge is 0.0726 e. The van der Waals surface area contributed by atoms with E-state index in [1.54, 1.807) is 0 Å². The van der Waals surface area contributed by atoms with Crippen LogP contribution in [0.4, 0.5) is 5.69 Å². The SMILES string of the molecule is CN(c1cc(CN)nc2ccccc12)C1CC1. The molecule has 1 fully saturated rings. The van der Waals surface area contributed by atoms with Crippen molar-refractivity contribution in [2.24, 2.45) is 5.73 Å². The second-order valence-corrected chi connectivity index (χ2v) is 4.70. The first-order chi connectivity index (χ1) is 8.29. The van der Waals surface area contributed by atoms with Crippen molar-refractivity contribution in [3.8, 4) is 0 Å². The highest BCUT2D eigenvalue weighted by Crippen LogP contribution is 2.34. The van der Waals surface area contributed by atoms with Gasteiger partial charge in [0, 0.05) is 30.7 Å². The minimum atomic E-state index is 0.496. The maximum atomic E-state index is 5.72. The maximum absolute atomic E-state index is 5.72. The third-order valence-electron chi connectivity index (χ3n) is 3.43. The molecule has 3 heteroatoms. The van der Waals surface area contributed by atoms with E-state index in [-0.39, 0.29) is 0 Å². The molecule has 2 aromatic rings. The number of aromatic nitrogens is 1. The van der Waals surface area contributed by atoms with Crippen molar-refractivity contribution in [1.29, 1.82) is 0 Å². The molecule has 3 nitrogen and oxygen atoms in total. The van der Waals surface area contributed by atoms with Crippen LogP contribution in [0, 0.1) is 0 Å². The molecule has 1 aliphatic rings. The van der Waals surface area contributed by atoms with Gasteiger partial charge in [0.05, 0.1) is 11.2 Å². The van der Waals surface area contributed by atoms with Gasteiger partial charge in [0.2, 0.25) is 0 Å². The lowest BCUT2D eigenvalue weighted by Gasteiger charge is -2.21. The van der Waals surface area contributed by atoms with Crippen molar-refractivity contribution >= 4 is 16.6 Å². The molecule has 1 aromatic carbocycles. The number of para-hydroxylation sites is 1. The Morgan fingerprint density at radius 1 is 1.35 bits per heavy atom. The highest BCUT2D eigenvalue weighted by Gasteiger charge is 2.27. The van der Waals surface area contributed by atoms with Gasteiger partial charge in [-0.3, -0.25) is 4.98 Å². The van der Waals surface area contributed by atoms with Crippen molar-refractivity contribution < 1.29 is 0 Å². The summed E-state index contributed by atoms with van der Waals surface area (Å²) in [4.78, 5) is 6.93. The van der Waals surface area contributed by atoms with Crippen LogP contribution in [0.25, 0.3) is 10.9 Å². The first kappa shape index (κ1) is 10.5.